The van der Waals surface area contributed by atoms with Gasteiger partial charge >= 0.3 is 5.97 Å². The molecule has 6 atom stereocenters. The fraction of sp³-hybridized carbons (Fsp3) is 0.625. The summed E-state index contributed by atoms with van der Waals surface area (Å²) in [6.07, 6.45) is 1.48. The molecule has 0 aliphatic heterocycles. The number of aliphatic hydroxyl groups is 3. The summed E-state index contributed by atoms with van der Waals surface area (Å²) in [4.78, 5) is 12.9. The molecule has 0 saturated heterocycles. The monoisotopic (exact) mass is 432 g/mol. The Kier molecular flexibility index (Phi) is 4.96. The zero-order valence-corrected chi connectivity index (χ0v) is 18.7. The minimum absolute atomic E-state index is 0.0169. The highest BCUT2D eigenvalue weighted by molar-refractivity contribution is 5.94. The van der Waals surface area contributed by atoms with Crippen LogP contribution in [-0.4, -0.2) is 57.9 Å². The molecule has 1 aromatic rings. The van der Waals surface area contributed by atoms with Crippen LogP contribution in [0.2, 0.25) is 0 Å². The predicted octanol–water partition coefficient (Wildman–Crippen LogP) is 2.33. The Morgan fingerprint density at radius 2 is 1.90 bits per heavy atom. The lowest BCUT2D eigenvalue weighted by atomic mass is 9.43. The highest BCUT2D eigenvalue weighted by Crippen LogP contribution is 2.68. The second-order valence-corrected chi connectivity index (χ2v) is 10.3. The van der Waals surface area contributed by atoms with Gasteiger partial charge in [-0.1, -0.05) is 26.8 Å². The van der Waals surface area contributed by atoms with E-state index >= 15 is 0 Å². The van der Waals surface area contributed by atoms with Crippen LogP contribution in [0.4, 0.5) is 0 Å². The van der Waals surface area contributed by atoms with E-state index in [1.807, 2.05) is 26.8 Å². The average Bonchev–Trinajstić information content (AvgIpc) is 2.92. The van der Waals surface area contributed by atoms with Crippen molar-refractivity contribution in [1.29, 1.82) is 0 Å². The molecule has 3 aliphatic carbocycles. The summed E-state index contributed by atoms with van der Waals surface area (Å²) in [5.74, 6) is -0.741. The number of aliphatic hydroxyl groups excluding tert-OH is 2. The zero-order chi connectivity index (χ0) is 22.9. The number of carbonyl (C=O) groups is 1. The van der Waals surface area contributed by atoms with E-state index in [4.69, 9.17) is 9.47 Å². The van der Waals surface area contributed by atoms with E-state index in [1.165, 1.54) is 13.2 Å². The first kappa shape index (κ1) is 22.1. The van der Waals surface area contributed by atoms with Gasteiger partial charge in [-0.15, -0.1) is 0 Å². The molecule has 170 valence electrons. The average molecular weight is 433 g/mol. The molecule has 0 amide bonds. The number of benzene rings is 1. The normalized spacial score (nSPS) is 37.9. The third kappa shape index (κ3) is 2.86. The standard InChI is InChI=1S/C24H32O7/c1-12-6-15(30-5)8-16(26)18(12)21(28)31-17-10-23(4)19-13(9-22(2,3)20(19)27)7-14(11-25)24(17,23)29/h6-8,13,17,19-20,25-27,29H,9-11H2,1-5H3/t13-,17+,19+,20+,23+,24?/m0/s1. The van der Waals surface area contributed by atoms with E-state index in [-0.39, 0.29) is 35.2 Å². The summed E-state index contributed by atoms with van der Waals surface area (Å²) >= 11 is 0. The zero-order valence-electron chi connectivity index (χ0n) is 18.7. The topological polar surface area (TPSA) is 116 Å². The Hall–Kier alpha value is -2.09. The number of ether oxygens (including phenoxy) is 2. The molecular formula is C24H32O7. The Labute approximate surface area is 182 Å². The fourth-order valence-electron chi connectivity index (χ4n) is 6.44. The lowest BCUT2D eigenvalue weighted by molar-refractivity contribution is -0.260. The molecule has 3 aliphatic rings. The molecule has 2 saturated carbocycles. The summed E-state index contributed by atoms with van der Waals surface area (Å²) in [5, 5.41) is 43.1. The molecule has 7 nitrogen and oxygen atoms in total. The molecular weight excluding hydrogens is 400 g/mol. The van der Waals surface area contributed by atoms with Gasteiger partial charge in [-0.25, -0.2) is 4.79 Å². The third-order valence-electron chi connectivity index (χ3n) is 8.10. The number of methoxy groups -OCH3 is 1. The molecule has 0 radical (unpaired) electrons. The van der Waals surface area contributed by atoms with Crippen LogP contribution in [0.3, 0.4) is 0 Å². The van der Waals surface area contributed by atoms with Crippen LogP contribution >= 0.6 is 0 Å². The molecule has 1 aromatic carbocycles. The van der Waals surface area contributed by atoms with Crippen LogP contribution in [0.25, 0.3) is 0 Å². The number of carbonyl (C=O) groups excluding carboxylic acids is 1. The summed E-state index contributed by atoms with van der Waals surface area (Å²) in [6, 6.07) is 2.96. The van der Waals surface area contributed by atoms with Crippen molar-refractivity contribution >= 4 is 5.97 Å². The number of hydrogen-bond acceptors (Lipinski definition) is 7. The maximum Gasteiger partial charge on any atom is 0.342 e. The summed E-state index contributed by atoms with van der Waals surface area (Å²) in [7, 11) is 1.47. The predicted molar refractivity (Wildman–Crippen MR) is 113 cm³/mol. The van der Waals surface area contributed by atoms with Crippen LogP contribution in [0.15, 0.2) is 23.8 Å². The van der Waals surface area contributed by atoms with E-state index in [2.05, 4.69) is 0 Å². The number of fused-ring (bicyclic) bond motifs is 3. The van der Waals surface area contributed by atoms with Crippen LogP contribution in [-0.2, 0) is 4.74 Å². The van der Waals surface area contributed by atoms with Gasteiger partial charge in [0.05, 0.1) is 19.8 Å². The first-order valence-corrected chi connectivity index (χ1v) is 10.7. The Morgan fingerprint density at radius 3 is 2.48 bits per heavy atom. The van der Waals surface area contributed by atoms with Gasteiger partial charge < -0.3 is 29.9 Å². The van der Waals surface area contributed by atoms with Crippen molar-refractivity contribution < 1.29 is 34.7 Å². The number of aromatic hydroxyl groups is 1. The number of rotatable bonds is 4. The largest absolute Gasteiger partial charge is 0.507 e. The molecule has 4 N–H and O–H groups in total. The molecule has 0 bridgehead atoms. The Balaban J connectivity index is 1.65. The quantitative estimate of drug-likeness (QED) is 0.426. The van der Waals surface area contributed by atoms with Crippen LogP contribution < -0.4 is 4.74 Å². The van der Waals surface area contributed by atoms with E-state index in [1.54, 1.807) is 13.0 Å². The number of aryl methyl sites for hydroxylation is 1. The summed E-state index contributed by atoms with van der Waals surface area (Å²) in [6.45, 7) is 7.23. The highest BCUT2D eigenvalue weighted by Gasteiger charge is 2.74. The highest BCUT2D eigenvalue weighted by atomic mass is 16.6. The minimum atomic E-state index is -1.57. The maximum atomic E-state index is 12.9. The van der Waals surface area contributed by atoms with Gasteiger partial charge in [0, 0.05) is 17.4 Å². The van der Waals surface area contributed by atoms with E-state index in [9.17, 15) is 25.2 Å². The van der Waals surface area contributed by atoms with E-state index in [0.29, 0.717) is 23.3 Å². The lowest BCUT2D eigenvalue weighted by Crippen LogP contribution is -2.74. The van der Waals surface area contributed by atoms with Gasteiger partial charge in [0.1, 0.15) is 28.8 Å². The molecule has 31 heavy (non-hydrogen) atoms. The van der Waals surface area contributed by atoms with Crippen LogP contribution in [0.1, 0.15) is 49.5 Å². The van der Waals surface area contributed by atoms with Crippen LogP contribution in [0.5, 0.6) is 11.5 Å². The van der Waals surface area contributed by atoms with Crippen molar-refractivity contribution in [1.82, 2.24) is 0 Å². The van der Waals surface area contributed by atoms with Gasteiger partial charge in [0.15, 0.2) is 0 Å². The second kappa shape index (κ2) is 6.95. The molecule has 0 spiro atoms. The van der Waals surface area contributed by atoms with Crippen molar-refractivity contribution in [3.8, 4) is 11.5 Å². The van der Waals surface area contributed by atoms with E-state index in [0.717, 1.165) is 6.42 Å². The number of allylic oxidation sites excluding steroid dienone is 1. The van der Waals surface area contributed by atoms with Gasteiger partial charge in [-0.05, 0) is 48.3 Å². The number of hydrogen-bond donors (Lipinski definition) is 4. The molecule has 0 heterocycles. The molecule has 0 aromatic heterocycles. The van der Waals surface area contributed by atoms with Gasteiger partial charge in [-0.3, -0.25) is 0 Å². The van der Waals surface area contributed by atoms with Crippen molar-refractivity contribution in [2.75, 3.05) is 13.7 Å². The van der Waals surface area contributed by atoms with Crippen LogP contribution in [0, 0.1) is 29.6 Å². The maximum absolute atomic E-state index is 12.9. The molecule has 7 heteroatoms. The van der Waals surface area contributed by atoms with Crippen molar-refractivity contribution in [3.05, 3.63) is 34.9 Å². The Morgan fingerprint density at radius 1 is 1.23 bits per heavy atom. The number of esters is 1. The fourth-order valence-corrected chi connectivity index (χ4v) is 6.44. The molecule has 4 rings (SSSR count). The second-order valence-electron chi connectivity index (χ2n) is 10.3. The smallest absolute Gasteiger partial charge is 0.342 e. The molecule has 1 unspecified atom stereocenters. The van der Waals surface area contributed by atoms with Crippen molar-refractivity contribution in [3.63, 3.8) is 0 Å². The molecule has 2 fully saturated rings. The first-order chi connectivity index (χ1) is 14.4. The summed E-state index contributed by atoms with van der Waals surface area (Å²) < 4.78 is 10.8. The first-order valence-electron chi connectivity index (χ1n) is 10.7. The van der Waals surface area contributed by atoms with Gasteiger partial charge in [0.25, 0.3) is 0 Å². The minimum Gasteiger partial charge on any atom is -0.507 e. The van der Waals surface area contributed by atoms with Crippen molar-refractivity contribution in [2.45, 2.75) is 58.3 Å². The van der Waals surface area contributed by atoms with E-state index < -0.39 is 29.2 Å². The number of phenols is 1. The SMILES string of the molecule is COc1cc(C)c(C(=O)O[C@@H]2C[C@]3(C)[C@H]4[C@@H](O)C(C)(C)C[C@@H]4C=C(CO)C23O)c(O)c1. The number of phenolic OH excluding ortho intramolecular Hbond substituents is 1. The van der Waals surface area contributed by atoms with Gasteiger partial charge in [-0.2, -0.15) is 0 Å². The summed E-state index contributed by atoms with van der Waals surface area (Å²) in [5.41, 5.74) is -1.68. The third-order valence-corrected chi connectivity index (χ3v) is 8.10. The van der Waals surface area contributed by atoms with Gasteiger partial charge in [0.2, 0.25) is 0 Å². The lowest BCUT2D eigenvalue weighted by Gasteiger charge is -2.65. The van der Waals surface area contributed by atoms with Crippen molar-refractivity contribution in [2.24, 2.45) is 22.7 Å². The Bertz CT molecular complexity index is 928.